The molecule has 0 radical (unpaired) electrons. The lowest BCUT2D eigenvalue weighted by atomic mass is 9.73. The fourth-order valence-corrected chi connectivity index (χ4v) is 18.7. The van der Waals surface area contributed by atoms with Gasteiger partial charge in [0.15, 0.2) is 12.4 Å². The maximum atomic E-state index is 13.2. The van der Waals surface area contributed by atoms with Crippen molar-refractivity contribution in [3.8, 4) is 11.5 Å². The predicted molar refractivity (Wildman–Crippen MR) is 190 cm³/mol. The lowest BCUT2D eigenvalue weighted by Crippen LogP contribution is -2.47. The molecular weight excluding hydrogens is 590 g/mol. The fourth-order valence-electron chi connectivity index (χ4n) is 10.6. The maximum Gasteiger partial charge on any atom is 0.171 e. The molecular formula is C40H54O3P2. The summed E-state index contributed by atoms with van der Waals surface area (Å²) < 4.78 is 13.6. The van der Waals surface area contributed by atoms with Crippen molar-refractivity contribution < 1.29 is 14.3 Å². The molecule has 1 unspecified atom stereocenters. The number of rotatable bonds is 7. The van der Waals surface area contributed by atoms with Crippen molar-refractivity contribution in [3.63, 3.8) is 0 Å². The first-order valence-electron chi connectivity index (χ1n) is 18.9. The Labute approximate surface area is 274 Å². The van der Waals surface area contributed by atoms with Gasteiger partial charge < -0.3 is 9.47 Å². The third-order valence-electron chi connectivity index (χ3n) is 12.6. The van der Waals surface area contributed by atoms with E-state index in [-0.39, 0.29) is 15.8 Å². The summed E-state index contributed by atoms with van der Waals surface area (Å²) in [5.74, 6) is 2.03. The summed E-state index contributed by atoms with van der Waals surface area (Å²) in [6.45, 7) is 0.545. The van der Waals surface area contributed by atoms with Crippen molar-refractivity contribution in [2.75, 3.05) is 6.61 Å². The Morgan fingerprint density at radius 2 is 0.956 bits per heavy atom. The highest BCUT2D eigenvalue weighted by molar-refractivity contribution is 7.67. The predicted octanol–water partition coefficient (Wildman–Crippen LogP) is 9.87. The summed E-state index contributed by atoms with van der Waals surface area (Å²) >= 11 is 0. The molecule has 4 saturated carbocycles. The number of aldehydes is 1. The summed E-state index contributed by atoms with van der Waals surface area (Å²) in [6.07, 6.45) is 28.3. The first kappa shape index (κ1) is 30.9. The van der Waals surface area contributed by atoms with E-state index in [0.29, 0.717) is 6.61 Å². The molecule has 0 amide bonds. The van der Waals surface area contributed by atoms with Crippen molar-refractivity contribution in [2.24, 2.45) is 0 Å². The summed E-state index contributed by atoms with van der Waals surface area (Å²) in [4.78, 5) is 13.2. The van der Waals surface area contributed by atoms with Crippen molar-refractivity contribution in [1.82, 2.24) is 0 Å². The summed E-state index contributed by atoms with van der Waals surface area (Å²) in [5.41, 5.74) is 5.43. The molecule has 4 fully saturated rings. The second kappa shape index (κ2) is 13.6. The van der Waals surface area contributed by atoms with Crippen LogP contribution in [0.5, 0.6) is 11.5 Å². The van der Waals surface area contributed by atoms with E-state index in [9.17, 15) is 4.79 Å². The number of carbonyl (C=O) groups excluding carboxylic acids is 1. The lowest BCUT2D eigenvalue weighted by Gasteiger charge is -2.42. The van der Waals surface area contributed by atoms with Crippen LogP contribution >= 0.6 is 15.8 Å². The van der Waals surface area contributed by atoms with Crippen molar-refractivity contribution in [2.45, 2.75) is 163 Å². The van der Waals surface area contributed by atoms with Crippen LogP contribution in [0.3, 0.4) is 0 Å². The van der Waals surface area contributed by atoms with Gasteiger partial charge in [-0.15, -0.1) is 0 Å². The van der Waals surface area contributed by atoms with Crippen LogP contribution in [-0.4, -0.2) is 41.6 Å². The van der Waals surface area contributed by atoms with Gasteiger partial charge in [-0.25, -0.2) is 0 Å². The molecule has 0 N–H and O–H groups in total. The Morgan fingerprint density at radius 1 is 0.556 bits per heavy atom. The first-order chi connectivity index (χ1) is 22.3. The van der Waals surface area contributed by atoms with Crippen LogP contribution in [0.1, 0.15) is 140 Å². The number of benzene rings is 2. The highest BCUT2D eigenvalue weighted by Gasteiger charge is 2.59. The Morgan fingerprint density at radius 3 is 1.38 bits per heavy atom. The van der Waals surface area contributed by atoms with Gasteiger partial charge in [0.2, 0.25) is 0 Å². The number of ether oxygens (including phenoxy) is 2. The summed E-state index contributed by atoms with van der Waals surface area (Å²) in [7, 11) is -0.692. The molecule has 2 heterocycles. The molecule has 2 atom stereocenters. The standard InChI is InChI=1S/C40H54O3P2/c41-27-37-40(39-34(43-37)24-14-26-36(39)45(31-19-9-3-10-20-31)32-21-11-4-12-22-32)28-42-33-23-13-25-35(38(33)40)44(29-15-5-1-6-16-29)30-17-7-2-8-18-30/h13-14,23-27,29-32,37H,1-12,15-22,28H2/t37-,40?/m1/s1. The Hall–Kier alpha value is -1.43. The zero-order valence-corrected chi connectivity index (χ0v) is 29.2. The molecule has 1 spiro atoms. The van der Waals surface area contributed by atoms with Crippen LogP contribution in [0.25, 0.3) is 0 Å². The van der Waals surface area contributed by atoms with E-state index < -0.39 is 11.5 Å². The number of hydrogen-bond acceptors (Lipinski definition) is 3. The second-order valence-electron chi connectivity index (χ2n) is 15.2. The molecule has 2 aliphatic heterocycles. The Kier molecular flexibility index (Phi) is 9.33. The highest BCUT2D eigenvalue weighted by Crippen LogP contribution is 2.63. The van der Waals surface area contributed by atoms with Crippen molar-refractivity contribution >= 4 is 32.7 Å². The van der Waals surface area contributed by atoms with Gasteiger partial charge in [-0.1, -0.05) is 117 Å². The minimum atomic E-state index is -0.520. The maximum absolute atomic E-state index is 13.2. The SMILES string of the molecule is O=C[C@H]1Oc2cccc(P(C3CCCCC3)C3CCCCC3)c2C12COc1cccc(P(C3CCCCC3)C3CCCCC3)c12. The molecule has 6 aliphatic rings. The van der Waals surface area contributed by atoms with Gasteiger partial charge in [-0.05, 0) is 96.7 Å². The highest BCUT2D eigenvalue weighted by atomic mass is 31.1. The van der Waals surface area contributed by atoms with E-state index in [4.69, 9.17) is 9.47 Å². The molecule has 0 bridgehead atoms. The van der Waals surface area contributed by atoms with Crippen LogP contribution in [0, 0.1) is 0 Å². The number of hydrogen-bond donors (Lipinski definition) is 0. The topological polar surface area (TPSA) is 35.5 Å². The number of carbonyl (C=O) groups is 1. The molecule has 2 aromatic rings. The smallest absolute Gasteiger partial charge is 0.171 e. The van der Waals surface area contributed by atoms with Crippen LogP contribution < -0.4 is 20.1 Å². The minimum Gasteiger partial charge on any atom is -0.492 e. The molecule has 8 rings (SSSR count). The first-order valence-corrected chi connectivity index (χ1v) is 21.8. The van der Waals surface area contributed by atoms with Crippen LogP contribution in [0.4, 0.5) is 0 Å². The van der Waals surface area contributed by atoms with E-state index in [1.807, 2.05) is 0 Å². The number of fused-ring (bicyclic) bond motifs is 4. The molecule has 4 aliphatic carbocycles. The van der Waals surface area contributed by atoms with Gasteiger partial charge in [-0.3, -0.25) is 4.79 Å². The van der Waals surface area contributed by atoms with Gasteiger partial charge in [-0.2, -0.15) is 0 Å². The van der Waals surface area contributed by atoms with E-state index in [1.165, 1.54) is 140 Å². The van der Waals surface area contributed by atoms with E-state index >= 15 is 0 Å². The van der Waals surface area contributed by atoms with Crippen LogP contribution in [0.2, 0.25) is 0 Å². The second-order valence-corrected chi connectivity index (χ2v) is 20.7. The summed E-state index contributed by atoms with van der Waals surface area (Å²) in [6, 6.07) is 13.9. The molecule has 5 heteroatoms. The van der Waals surface area contributed by atoms with Crippen LogP contribution in [0.15, 0.2) is 36.4 Å². The quantitative estimate of drug-likeness (QED) is 0.222. The molecule has 0 aromatic heterocycles. The monoisotopic (exact) mass is 644 g/mol. The Balaban J connectivity index is 1.30. The summed E-state index contributed by atoms with van der Waals surface area (Å²) in [5, 5.41) is 3.16. The zero-order valence-electron chi connectivity index (χ0n) is 27.4. The van der Waals surface area contributed by atoms with Gasteiger partial charge in [0.25, 0.3) is 0 Å². The normalized spacial score (nSPS) is 28.3. The minimum absolute atomic E-state index is 0.346. The molecule has 2 aromatic carbocycles. The van der Waals surface area contributed by atoms with Crippen molar-refractivity contribution in [1.29, 1.82) is 0 Å². The lowest BCUT2D eigenvalue weighted by molar-refractivity contribution is -0.115. The van der Waals surface area contributed by atoms with E-state index in [0.717, 1.165) is 40.4 Å². The van der Waals surface area contributed by atoms with Gasteiger partial charge in [0, 0.05) is 11.1 Å². The fraction of sp³-hybridized carbons (Fsp3) is 0.675. The average molecular weight is 645 g/mol. The van der Waals surface area contributed by atoms with Gasteiger partial charge in [0.05, 0.1) is 0 Å². The molecule has 0 saturated heterocycles. The van der Waals surface area contributed by atoms with E-state index in [1.54, 1.807) is 10.6 Å². The third kappa shape index (κ3) is 5.53. The average Bonchev–Trinajstić information content (AvgIpc) is 3.66. The molecule has 45 heavy (non-hydrogen) atoms. The van der Waals surface area contributed by atoms with Crippen molar-refractivity contribution in [3.05, 3.63) is 47.5 Å². The molecule has 3 nitrogen and oxygen atoms in total. The van der Waals surface area contributed by atoms with Gasteiger partial charge >= 0.3 is 0 Å². The largest absolute Gasteiger partial charge is 0.492 e. The third-order valence-corrected chi connectivity index (χ3v) is 19.7. The van der Waals surface area contributed by atoms with E-state index in [2.05, 4.69) is 36.4 Å². The molecule has 242 valence electrons. The van der Waals surface area contributed by atoms with Crippen LogP contribution in [-0.2, 0) is 10.2 Å². The Bertz CT molecular complexity index is 1240. The zero-order chi connectivity index (χ0) is 30.2. The van der Waals surface area contributed by atoms with Gasteiger partial charge in [0.1, 0.15) is 23.5 Å².